The summed E-state index contributed by atoms with van der Waals surface area (Å²) in [5.41, 5.74) is 1.88. The van der Waals surface area contributed by atoms with Crippen molar-refractivity contribution < 1.29 is 4.79 Å². The van der Waals surface area contributed by atoms with Gasteiger partial charge in [-0.15, -0.1) is 0 Å². The first kappa shape index (κ1) is 11.7. The fourth-order valence-electron chi connectivity index (χ4n) is 2.30. The number of carbonyl (C=O) groups excluding carboxylic acids is 1. The molecule has 1 aliphatic carbocycles. The van der Waals surface area contributed by atoms with E-state index in [1.165, 1.54) is 0 Å². The van der Waals surface area contributed by atoms with Crippen LogP contribution in [0.1, 0.15) is 35.2 Å². The van der Waals surface area contributed by atoms with Gasteiger partial charge in [0.05, 0.1) is 4.87 Å². The number of rotatable bonds is 1. The summed E-state index contributed by atoms with van der Waals surface area (Å²) in [6.07, 6.45) is 2.44. The molecule has 86 valence electrons. The third-order valence-corrected chi connectivity index (χ3v) is 4.19. The average molecular weight is 235 g/mol. The van der Waals surface area contributed by atoms with Gasteiger partial charge in [-0.05, 0) is 32.5 Å². The number of thiol groups is 1. The van der Waals surface area contributed by atoms with E-state index in [0.29, 0.717) is 6.42 Å². The Balaban J connectivity index is 2.59. The Morgan fingerprint density at radius 2 is 2.00 bits per heavy atom. The van der Waals surface area contributed by atoms with Crippen LogP contribution < -0.4 is 0 Å². The Kier molecular flexibility index (Phi) is 3.08. The lowest BCUT2D eigenvalue weighted by atomic mass is 9.97. The minimum Gasteiger partial charge on any atom is -0.294 e. The summed E-state index contributed by atoms with van der Waals surface area (Å²) in [7, 11) is 4.03. The largest absolute Gasteiger partial charge is 0.294 e. The fourth-order valence-corrected chi connectivity index (χ4v) is 2.66. The Morgan fingerprint density at radius 1 is 1.31 bits per heavy atom. The van der Waals surface area contributed by atoms with E-state index in [2.05, 4.69) is 4.90 Å². The molecule has 2 rings (SSSR count). The number of hydrogen-bond donors (Lipinski definition) is 1. The summed E-state index contributed by atoms with van der Waals surface area (Å²) in [6, 6.07) is 7.83. The van der Waals surface area contributed by atoms with Gasteiger partial charge in [0, 0.05) is 12.0 Å². The molecule has 1 aliphatic rings. The molecule has 0 fully saturated rings. The smallest absolute Gasteiger partial charge is 0.163 e. The second-order valence-corrected chi connectivity index (χ2v) is 5.27. The molecular formula is C13H17NOS. The topological polar surface area (TPSA) is 20.3 Å². The number of hydrogen-bond acceptors (Lipinski definition) is 3. The molecule has 16 heavy (non-hydrogen) atoms. The number of nitrogens with zero attached hydrogens (tertiary/aromatic N) is 1. The number of Topliss-reactive ketones (excluding diaryl/α,β-unsaturated/α-hetero) is 1. The highest BCUT2D eigenvalue weighted by molar-refractivity contribution is 7.81. The molecule has 0 saturated heterocycles. The molecule has 0 amide bonds. The van der Waals surface area contributed by atoms with Gasteiger partial charge in [0.25, 0.3) is 0 Å². The van der Waals surface area contributed by atoms with Gasteiger partial charge < -0.3 is 0 Å². The van der Waals surface area contributed by atoms with Gasteiger partial charge in [0.1, 0.15) is 0 Å². The Labute approximate surface area is 102 Å². The van der Waals surface area contributed by atoms with E-state index in [1.807, 2.05) is 38.4 Å². The van der Waals surface area contributed by atoms with Crippen molar-refractivity contribution in [3.63, 3.8) is 0 Å². The van der Waals surface area contributed by atoms with Crippen LogP contribution in [0.4, 0.5) is 0 Å². The van der Waals surface area contributed by atoms with Gasteiger partial charge in [-0.1, -0.05) is 24.3 Å². The molecule has 1 aromatic rings. The quantitative estimate of drug-likeness (QED) is 0.459. The van der Waals surface area contributed by atoms with Crippen LogP contribution in [0.5, 0.6) is 0 Å². The normalized spacial score (nSPS) is 25.4. The van der Waals surface area contributed by atoms with Crippen molar-refractivity contribution in [2.24, 2.45) is 0 Å². The maximum absolute atomic E-state index is 12.0. The van der Waals surface area contributed by atoms with E-state index in [1.54, 1.807) is 0 Å². The van der Waals surface area contributed by atoms with Crippen LogP contribution in [-0.4, -0.2) is 24.8 Å². The zero-order chi connectivity index (χ0) is 11.8. The molecule has 0 spiro atoms. The van der Waals surface area contributed by atoms with Crippen molar-refractivity contribution in [2.45, 2.75) is 24.1 Å². The molecule has 0 heterocycles. The number of ketones is 1. The van der Waals surface area contributed by atoms with Crippen LogP contribution in [0, 0.1) is 0 Å². The number of carbonyl (C=O) groups is 1. The average Bonchev–Trinajstić information content (AvgIpc) is 2.40. The van der Waals surface area contributed by atoms with Crippen molar-refractivity contribution in [2.75, 3.05) is 14.1 Å². The van der Waals surface area contributed by atoms with Gasteiger partial charge >= 0.3 is 0 Å². The predicted molar refractivity (Wildman–Crippen MR) is 69.0 cm³/mol. The number of benzene rings is 1. The standard InChI is InChI=1S/C13H17NOS/c1-14(2)13(16)9-5-8-12(15)10-6-3-4-7-11(10)13/h3-4,6-7,16H,5,8-9H2,1-2H3. The fraction of sp³-hybridized carbons (Fsp3) is 0.462. The molecule has 0 aliphatic heterocycles. The van der Waals surface area contributed by atoms with Crippen LogP contribution in [0.3, 0.4) is 0 Å². The van der Waals surface area contributed by atoms with Crippen LogP contribution in [0.2, 0.25) is 0 Å². The lowest BCUT2D eigenvalue weighted by molar-refractivity contribution is 0.0982. The molecule has 0 bridgehead atoms. The van der Waals surface area contributed by atoms with E-state index in [4.69, 9.17) is 12.6 Å². The first-order chi connectivity index (χ1) is 7.55. The second-order valence-electron chi connectivity index (χ2n) is 4.53. The Morgan fingerprint density at radius 3 is 2.69 bits per heavy atom. The zero-order valence-electron chi connectivity index (χ0n) is 9.73. The van der Waals surface area contributed by atoms with Crippen molar-refractivity contribution >= 4 is 18.4 Å². The van der Waals surface area contributed by atoms with Gasteiger partial charge in [-0.3, -0.25) is 9.69 Å². The van der Waals surface area contributed by atoms with E-state index in [9.17, 15) is 4.79 Å². The molecule has 1 aromatic carbocycles. The molecule has 0 radical (unpaired) electrons. The van der Waals surface area contributed by atoms with E-state index < -0.39 is 0 Å². The molecular weight excluding hydrogens is 218 g/mol. The van der Waals surface area contributed by atoms with Gasteiger partial charge in [0.2, 0.25) is 0 Å². The van der Waals surface area contributed by atoms with Crippen LogP contribution in [0.25, 0.3) is 0 Å². The minimum atomic E-state index is -0.317. The van der Waals surface area contributed by atoms with E-state index in [-0.39, 0.29) is 10.7 Å². The molecule has 1 unspecified atom stereocenters. The third kappa shape index (κ3) is 1.78. The van der Waals surface area contributed by atoms with Gasteiger partial charge in [0.15, 0.2) is 5.78 Å². The van der Waals surface area contributed by atoms with Crippen LogP contribution in [-0.2, 0) is 4.87 Å². The lowest BCUT2D eigenvalue weighted by Crippen LogP contribution is -2.36. The summed E-state index contributed by atoms with van der Waals surface area (Å²) in [5.74, 6) is 0.244. The van der Waals surface area contributed by atoms with Crippen molar-refractivity contribution in [3.8, 4) is 0 Å². The molecule has 2 nitrogen and oxygen atoms in total. The summed E-state index contributed by atoms with van der Waals surface area (Å²) >= 11 is 4.81. The van der Waals surface area contributed by atoms with Crippen molar-refractivity contribution in [1.82, 2.24) is 4.90 Å². The van der Waals surface area contributed by atoms with Crippen LogP contribution in [0.15, 0.2) is 24.3 Å². The highest BCUT2D eigenvalue weighted by Gasteiger charge is 2.35. The predicted octanol–water partition coefficient (Wildman–Crippen LogP) is 2.70. The monoisotopic (exact) mass is 235 g/mol. The molecule has 1 atom stereocenters. The highest BCUT2D eigenvalue weighted by atomic mass is 32.1. The van der Waals surface area contributed by atoms with Crippen LogP contribution >= 0.6 is 12.6 Å². The van der Waals surface area contributed by atoms with E-state index in [0.717, 1.165) is 24.0 Å². The highest BCUT2D eigenvalue weighted by Crippen LogP contribution is 2.40. The maximum Gasteiger partial charge on any atom is 0.163 e. The van der Waals surface area contributed by atoms with Crippen molar-refractivity contribution in [3.05, 3.63) is 35.4 Å². The van der Waals surface area contributed by atoms with Crippen molar-refractivity contribution in [1.29, 1.82) is 0 Å². The zero-order valence-corrected chi connectivity index (χ0v) is 10.6. The third-order valence-electron chi connectivity index (χ3n) is 3.33. The Bertz CT molecular complexity index is 416. The summed E-state index contributed by atoms with van der Waals surface area (Å²) in [5, 5.41) is 0. The molecule has 0 N–H and O–H groups in total. The summed E-state index contributed by atoms with van der Waals surface area (Å²) in [6.45, 7) is 0. The first-order valence-electron chi connectivity index (χ1n) is 5.58. The van der Waals surface area contributed by atoms with E-state index >= 15 is 0 Å². The SMILES string of the molecule is CN(C)C1(S)CCCC(=O)c2ccccc21. The lowest BCUT2D eigenvalue weighted by Gasteiger charge is -2.35. The molecule has 0 saturated carbocycles. The molecule has 3 heteroatoms. The minimum absolute atomic E-state index is 0.244. The first-order valence-corrected chi connectivity index (χ1v) is 6.03. The number of fused-ring (bicyclic) bond motifs is 1. The second kappa shape index (κ2) is 4.22. The van der Waals surface area contributed by atoms with Gasteiger partial charge in [-0.25, -0.2) is 0 Å². The molecule has 0 aromatic heterocycles. The van der Waals surface area contributed by atoms with Gasteiger partial charge in [-0.2, -0.15) is 12.6 Å². The summed E-state index contributed by atoms with van der Waals surface area (Å²) < 4.78 is 0. The Hall–Kier alpha value is -0.800. The maximum atomic E-state index is 12.0. The summed E-state index contributed by atoms with van der Waals surface area (Å²) in [4.78, 5) is 13.7.